The van der Waals surface area contributed by atoms with Gasteiger partial charge >= 0.3 is 5.97 Å². The summed E-state index contributed by atoms with van der Waals surface area (Å²) in [4.78, 5) is 10.3. The minimum atomic E-state index is -0.689. The summed E-state index contributed by atoms with van der Waals surface area (Å²) in [5.74, 6) is -0.689. The molecule has 4 heteroatoms. The molecule has 3 nitrogen and oxygen atoms in total. The van der Waals surface area contributed by atoms with Crippen LogP contribution in [0.15, 0.2) is 12.2 Å². The van der Waals surface area contributed by atoms with Gasteiger partial charge in [-0.2, -0.15) is 0 Å². The van der Waals surface area contributed by atoms with Crippen LogP contribution >= 0.6 is 0 Å². The van der Waals surface area contributed by atoms with Gasteiger partial charge in [0.25, 0.3) is 0 Å². The summed E-state index contributed by atoms with van der Waals surface area (Å²) in [5, 5.41) is 18.3. The maximum atomic E-state index is 10.3. The molecule has 0 fully saturated rings. The van der Waals surface area contributed by atoms with Gasteiger partial charge in [0.05, 0.1) is 6.10 Å². The van der Waals surface area contributed by atoms with E-state index in [-0.39, 0.29) is 33.4 Å². The van der Waals surface area contributed by atoms with Crippen molar-refractivity contribution in [2.75, 3.05) is 0 Å². The van der Waals surface area contributed by atoms with Crippen molar-refractivity contribution in [3.63, 3.8) is 0 Å². The van der Waals surface area contributed by atoms with Gasteiger partial charge < -0.3 is 10.2 Å². The van der Waals surface area contributed by atoms with E-state index in [2.05, 4.69) is 19.1 Å². The van der Waals surface area contributed by atoms with E-state index >= 15 is 0 Å². The van der Waals surface area contributed by atoms with Crippen LogP contribution in [-0.2, 0) is 32.1 Å². The van der Waals surface area contributed by atoms with Crippen molar-refractivity contribution in [1.82, 2.24) is 0 Å². The summed E-state index contributed by atoms with van der Waals surface area (Å²) in [6.45, 7) is 2.20. The fraction of sp³-hybridized carbons (Fsp3) is 0.833. The Labute approximate surface area is 156 Å². The van der Waals surface area contributed by atoms with Crippen molar-refractivity contribution in [1.29, 1.82) is 0 Å². The first-order chi connectivity index (χ1) is 10.2. The molecule has 0 radical (unpaired) electrons. The van der Waals surface area contributed by atoms with Crippen LogP contribution in [0.25, 0.3) is 0 Å². The summed E-state index contributed by atoms with van der Waals surface area (Å²) in [7, 11) is 0. The molecule has 2 N–H and O–H groups in total. The summed E-state index contributed by atoms with van der Waals surface area (Å²) >= 11 is 0. The Morgan fingerprint density at radius 1 is 0.955 bits per heavy atom. The Morgan fingerprint density at radius 3 is 2.27 bits per heavy atom. The summed E-state index contributed by atoms with van der Waals surface area (Å²) in [6, 6.07) is 0. The number of rotatable bonds is 15. The molecule has 0 saturated heterocycles. The SMILES string of the molecule is CCCCCC[C@@H](O)C/C=C\CCCCCCCC(=O)O.[Cd]. The molecule has 22 heavy (non-hydrogen) atoms. The average molecular weight is 411 g/mol. The van der Waals surface area contributed by atoms with Crippen molar-refractivity contribution < 1.29 is 42.3 Å². The van der Waals surface area contributed by atoms with Gasteiger partial charge in [-0.25, -0.2) is 0 Å². The Kier molecular flexibility index (Phi) is 21.2. The van der Waals surface area contributed by atoms with Crippen molar-refractivity contribution in [2.24, 2.45) is 0 Å². The third-order valence-electron chi connectivity index (χ3n) is 3.73. The van der Waals surface area contributed by atoms with E-state index in [9.17, 15) is 9.90 Å². The number of unbranched alkanes of at least 4 members (excludes halogenated alkanes) is 8. The van der Waals surface area contributed by atoms with Gasteiger partial charge in [0.2, 0.25) is 0 Å². The molecule has 126 valence electrons. The molecule has 0 saturated carbocycles. The Bertz CT molecular complexity index is 267. The second-order valence-corrected chi connectivity index (χ2v) is 5.91. The molecule has 0 unspecified atom stereocenters. The van der Waals surface area contributed by atoms with Gasteiger partial charge in [-0.15, -0.1) is 0 Å². The van der Waals surface area contributed by atoms with E-state index in [0.717, 1.165) is 51.4 Å². The molecule has 1 atom stereocenters. The molecule has 0 aliphatic rings. The molecule has 0 aliphatic carbocycles. The number of aliphatic hydroxyl groups excluding tert-OH is 1. The first-order valence-corrected chi connectivity index (χ1v) is 8.71. The van der Waals surface area contributed by atoms with E-state index in [1.54, 1.807) is 0 Å². The third kappa shape index (κ3) is 20.1. The van der Waals surface area contributed by atoms with Crippen LogP contribution in [0.3, 0.4) is 0 Å². The van der Waals surface area contributed by atoms with Gasteiger partial charge in [0, 0.05) is 33.7 Å². The predicted molar refractivity (Wildman–Crippen MR) is 88.5 cm³/mol. The fourth-order valence-electron chi connectivity index (χ4n) is 2.36. The largest absolute Gasteiger partial charge is 0.481 e. The maximum absolute atomic E-state index is 10.3. The fourth-order valence-corrected chi connectivity index (χ4v) is 2.36. The van der Waals surface area contributed by atoms with Crippen molar-refractivity contribution >= 4 is 5.97 Å². The second kappa shape index (κ2) is 19.1. The van der Waals surface area contributed by atoms with Crippen LogP contribution in [0.1, 0.15) is 90.4 Å². The van der Waals surface area contributed by atoms with Crippen LogP contribution in [0.2, 0.25) is 0 Å². The molecule has 0 aromatic rings. The van der Waals surface area contributed by atoms with Gasteiger partial charge in [0.15, 0.2) is 0 Å². The normalized spacial score (nSPS) is 12.3. The van der Waals surface area contributed by atoms with E-state index in [4.69, 9.17) is 5.11 Å². The van der Waals surface area contributed by atoms with E-state index in [0.29, 0.717) is 6.42 Å². The Hall–Kier alpha value is 0.0921. The maximum Gasteiger partial charge on any atom is 0.303 e. The van der Waals surface area contributed by atoms with E-state index < -0.39 is 5.97 Å². The van der Waals surface area contributed by atoms with Crippen LogP contribution in [0.4, 0.5) is 0 Å². The number of carboxylic acids is 1. The molecular formula is C18H34CdO3. The van der Waals surface area contributed by atoms with Crippen molar-refractivity contribution in [3.05, 3.63) is 12.2 Å². The first-order valence-electron chi connectivity index (χ1n) is 8.71. The Balaban J connectivity index is 0. The molecule has 0 heterocycles. The van der Waals surface area contributed by atoms with Crippen LogP contribution in [0.5, 0.6) is 0 Å². The molecule has 0 aromatic heterocycles. The zero-order valence-electron chi connectivity index (χ0n) is 14.4. The average Bonchev–Trinajstić information content (AvgIpc) is 2.45. The number of aliphatic carboxylic acids is 1. The number of hydrogen-bond donors (Lipinski definition) is 2. The first kappa shape index (κ1) is 24.3. The van der Waals surface area contributed by atoms with Gasteiger partial charge in [-0.05, 0) is 32.1 Å². The zero-order valence-corrected chi connectivity index (χ0v) is 18.5. The predicted octanol–water partition coefficient (Wildman–Crippen LogP) is 5.08. The van der Waals surface area contributed by atoms with Crippen molar-refractivity contribution in [2.45, 2.75) is 96.5 Å². The molecule has 0 amide bonds. The van der Waals surface area contributed by atoms with Gasteiger partial charge in [-0.1, -0.05) is 64.0 Å². The number of hydrogen-bond acceptors (Lipinski definition) is 2. The van der Waals surface area contributed by atoms with Gasteiger partial charge in [-0.3, -0.25) is 4.79 Å². The number of allylic oxidation sites excluding steroid dienone is 1. The Morgan fingerprint density at radius 2 is 1.59 bits per heavy atom. The molecule has 0 spiro atoms. The number of aliphatic hydroxyl groups is 1. The topological polar surface area (TPSA) is 57.5 Å². The smallest absolute Gasteiger partial charge is 0.303 e. The third-order valence-corrected chi connectivity index (χ3v) is 3.73. The number of carbonyl (C=O) groups is 1. The monoisotopic (exact) mass is 412 g/mol. The molecule has 0 bridgehead atoms. The molecule has 0 rings (SSSR count). The number of carboxylic acid groups (broad SMARTS) is 1. The summed E-state index contributed by atoms with van der Waals surface area (Å²) < 4.78 is 0. The molecular weight excluding hydrogens is 377 g/mol. The minimum absolute atomic E-state index is 0. The van der Waals surface area contributed by atoms with Crippen LogP contribution in [0, 0.1) is 0 Å². The zero-order chi connectivity index (χ0) is 15.8. The molecule has 0 aliphatic heterocycles. The standard InChI is InChI=1S/C18H34O3.Cd/c1-2-3-4-11-14-17(19)15-12-9-7-5-6-8-10-13-16-18(20)21;/h9,12,17,19H,2-8,10-11,13-16H2,1H3,(H,20,21);/b12-9-;/t17-;/m1./s1. The van der Waals surface area contributed by atoms with Gasteiger partial charge in [0.1, 0.15) is 0 Å². The summed E-state index contributed by atoms with van der Waals surface area (Å²) in [6.07, 6.45) is 17.4. The van der Waals surface area contributed by atoms with Crippen molar-refractivity contribution in [3.8, 4) is 0 Å². The molecule has 0 aromatic carbocycles. The minimum Gasteiger partial charge on any atom is -0.481 e. The van der Waals surface area contributed by atoms with Crippen LogP contribution < -0.4 is 0 Å². The van der Waals surface area contributed by atoms with Crippen LogP contribution in [-0.4, -0.2) is 22.3 Å². The quantitative estimate of drug-likeness (QED) is 0.225. The van der Waals surface area contributed by atoms with E-state index in [1.807, 2.05) is 0 Å². The van der Waals surface area contributed by atoms with E-state index in [1.165, 1.54) is 25.7 Å². The summed E-state index contributed by atoms with van der Waals surface area (Å²) in [5.41, 5.74) is 0. The second-order valence-electron chi connectivity index (χ2n) is 5.91.